The van der Waals surface area contributed by atoms with Gasteiger partial charge in [-0.25, -0.2) is 13.8 Å². The number of alkyl halides is 2. The molecule has 1 N–H and O–H groups in total. The highest BCUT2D eigenvalue weighted by molar-refractivity contribution is 7.99. The Morgan fingerprint density at radius 3 is 2.52 bits per heavy atom. The van der Waals surface area contributed by atoms with Gasteiger partial charge in [0.2, 0.25) is 5.91 Å². The van der Waals surface area contributed by atoms with Gasteiger partial charge in [0.25, 0.3) is 5.76 Å². The third kappa shape index (κ3) is 4.11. The first-order valence-corrected chi connectivity index (χ1v) is 7.95. The number of hydrogen-bond acceptors (Lipinski definition) is 3. The maximum absolute atomic E-state index is 13.3. The number of carbonyl (C=O) groups is 1. The standard InChI is InChI=1S/C16H11F4N3OS/c17-11-5-13-14(6-12(11)18)23(8-21-13)7-15(24)22-9-1-3-10(4-2-9)25-16(19)20/h1-6,8,16H,7H2,(H,22,24). The first-order valence-electron chi connectivity index (χ1n) is 7.07. The molecule has 0 fully saturated rings. The SMILES string of the molecule is O=C(Cn1cnc2cc(F)c(F)cc21)Nc1ccc(SC(F)F)cc1. The number of benzene rings is 2. The quantitative estimate of drug-likeness (QED) is 0.540. The largest absolute Gasteiger partial charge is 0.325 e. The fraction of sp³-hybridized carbons (Fsp3) is 0.125. The summed E-state index contributed by atoms with van der Waals surface area (Å²) in [7, 11) is 0. The van der Waals surface area contributed by atoms with Gasteiger partial charge in [-0.3, -0.25) is 4.79 Å². The van der Waals surface area contributed by atoms with Gasteiger partial charge in [0.1, 0.15) is 6.54 Å². The Kier molecular flexibility index (Phi) is 4.93. The molecule has 0 spiro atoms. The number of hydrogen-bond donors (Lipinski definition) is 1. The first kappa shape index (κ1) is 17.3. The van der Waals surface area contributed by atoms with Crippen molar-refractivity contribution in [2.24, 2.45) is 0 Å². The van der Waals surface area contributed by atoms with E-state index in [-0.39, 0.29) is 17.6 Å². The van der Waals surface area contributed by atoms with Crippen molar-refractivity contribution in [3.8, 4) is 0 Å². The Morgan fingerprint density at radius 2 is 1.84 bits per heavy atom. The topological polar surface area (TPSA) is 46.9 Å². The Hall–Kier alpha value is -2.55. The summed E-state index contributed by atoms with van der Waals surface area (Å²) in [6, 6.07) is 7.88. The van der Waals surface area contributed by atoms with Crippen molar-refractivity contribution in [1.82, 2.24) is 9.55 Å². The van der Waals surface area contributed by atoms with Crippen molar-refractivity contribution < 1.29 is 22.4 Å². The third-order valence-corrected chi connectivity index (χ3v) is 4.06. The first-order chi connectivity index (χ1) is 11.9. The van der Waals surface area contributed by atoms with E-state index >= 15 is 0 Å². The monoisotopic (exact) mass is 369 g/mol. The molecule has 0 unspecified atom stereocenters. The van der Waals surface area contributed by atoms with Gasteiger partial charge in [-0.05, 0) is 24.3 Å². The zero-order valence-electron chi connectivity index (χ0n) is 12.5. The summed E-state index contributed by atoms with van der Waals surface area (Å²) in [4.78, 5) is 16.4. The average Bonchev–Trinajstić information content (AvgIpc) is 2.91. The number of halogens is 4. The second-order valence-electron chi connectivity index (χ2n) is 5.08. The number of nitrogens with one attached hydrogen (secondary N) is 1. The molecule has 0 aliphatic heterocycles. The van der Waals surface area contributed by atoms with Gasteiger partial charge in [-0.2, -0.15) is 8.78 Å². The van der Waals surface area contributed by atoms with Crippen LogP contribution in [0.3, 0.4) is 0 Å². The molecule has 130 valence electrons. The fourth-order valence-electron chi connectivity index (χ4n) is 2.25. The van der Waals surface area contributed by atoms with Crippen molar-refractivity contribution in [2.45, 2.75) is 17.2 Å². The van der Waals surface area contributed by atoms with E-state index in [2.05, 4.69) is 10.3 Å². The van der Waals surface area contributed by atoms with Crippen molar-refractivity contribution in [1.29, 1.82) is 0 Å². The average molecular weight is 369 g/mol. The number of carbonyl (C=O) groups excluding carboxylic acids is 1. The summed E-state index contributed by atoms with van der Waals surface area (Å²) in [5.41, 5.74) is 0.961. The lowest BCUT2D eigenvalue weighted by molar-refractivity contribution is -0.116. The van der Waals surface area contributed by atoms with E-state index in [1.807, 2.05) is 0 Å². The van der Waals surface area contributed by atoms with Crippen molar-refractivity contribution in [3.63, 3.8) is 0 Å². The van der Waals surface area contributed by atoms with Gasteiger partial charge >= 0.3 is 0 Å². The molecule has 9 heteroatoms. The molecule has 1 aromatic heterocycles. The van der Waals surface area contributed by atoms with E-state index in [9.17, 15) is 22.4 Å². The van der Waals surface area contributed by atoms with Gasteiger partial charge in [-0.1, -0.05) is 11.8 Å². The third-order valence-electron chi connectivity index (χ3n) is 3.34. The highest BCUT2D eigenvalue weighted by Crippen LogP contribution is 2.26. The van der Waals surface area contributed by atoms with Gasteiger partial charge in [0.15, 0.2) is 11.6 Å². The van der Waals surface area contributed by atoms with Gasteiger partial charge < -0.3 is 9.88 Å². The van der Waals surface area contributed by atoms with Crippen molar-refractivity contribution in [3.05, 3.63) is 54.4 Å². The molecular weight excluding hydrogens is 358 g/mol. The van der Waals surface area contributed by atoms with Crippen LogP contribution in [0.4, 0.5) is 23.2 Å². The molecule has 3 rings (SSSR count). The highest BCUT2D eigenvalue weighted by Gasteiger charge is 2.12. The van der Waals surface area contributed by atoms with Crippen LogP contribution in [0.1, 0.15) is 0 Å². The fourth-order valence-corrected chi connectivity index (χ4v) is 2.75. The molecule has 2 aromatic carbocycles. The minimum absolute atomic E-state index is 0.158. The molecule has 1 amide bonds. The van der Waals surface area contributed by atoms with Gasteiger partial charge in [0.05, 0.1) is 17.4 Å². The van der Waals surface area contributed by atoms with Crippen LogP contribution in [-0.2, 0) is 11.3 Å². The molecule has 4 nitrogen and oxygen atoms in total. The number of rotatable bonds is 5. The molecule has 1 heterocycles. The maximum Gasteiger partial charge on any atom is 0.288 e. The number of fused-ring (bicyclic) bond motifs is 1. The minimum atomic E-state index is -2.51. The lowest BCUT2D eigenvalue weighted by Crippen LogP contribution is -2.18. The molecule has 0 atom stereocenters. The van der Waals surface area contributed by atoms with Gasteiger partial charge in [-0.15, -0.1) is 0 Å². The van der Waals surface area contributed by atoms with Crippen LogP contribution < -0.4 is 5.32 Å². The lowest BCUT2D eigenvalue weighted by atomic mass is 10.3. The van der Waals surface area contributed by atoms with Crippen LogP contribution in [-0.4, -0.2) is 21.2 Å². The summed E-state index contributed by atoms with van der Waals surface area (Å²) in [5, 5.41) is 2.60. The molecule has 3 aromatic rings. The Morgan fingerprint density at radius 1 is 1.16 bits per heavy atom. The van der Waals surface area contributed by atoms with Crippen LogP contribution in [0, 0.1) is 11.6 Å². The Labute approximate surface area is 143 Å². The van der Waals surface area contributed by atoms with E-state index in [1.165, 1.54) is 35.2 Å². The Balaban J connectivity index is 1.69. The molecule has 0 aliphatic carbocycles. The lowest BCUT2D eigenvalue weighted by Gasteiger charge is -2.08. The zero-order chi connectivity index (χ0) is 18.0. The van der Waals surface area contributed by atoms with E-state index in [0.29, 0.717) is 22.3 Å². The molecule has 0 saturated carbocycles. The predicted molar refractivity (Wildman–Crippen MR) is 86.6 cm³/mol. The molecule has 0 radical (unpaired) electrons. The molecule has 0 aliphatic rings. The van der Waals surface area contributed by atoms with Crippen LogP contribution >= 0.6 is 11.8 Å². The number of thioether (sulfide) groups is 1. The minimum Gasteiger partial charge on any atom is -0.325 e. The van der Waals surface area contributed by atoms with Crippen LogP contribution in [0.2, 0.25) is 0 Å². The number of imidazole rings is 1. The van der Waals surface area contributed by atoms with Crippen LogP contribution in [0.25, 0.3) is 11.0 Å². The number of anilines is 1. The second kappa shape index (κ2) is 7.14. The summed E-state index contributed by atoms with van der Waals surface area (Å²) < 4.78 is 52.4. The second-order valence-corrected chi connectivity index (χ2v) is 6.14. The van der Waals surface area contributed by atoms with E-state index in [0.717, 1.165) is 12.1 Å². The normalized spacial score (nSPS) is 11.2. The highest BCUT2D eigenvalue weighted by atomic mass is 32.2. The molecule has 0 bridgehead atoms. The van der Waals surface area contributed by atoms with Gasteiger partial charge in [0, 0.05) is 22.7 Å². The van der Waals surface area contributed by atoms with Crippen molar-refractivity contribution >= 4 is 34.4 Å². The zero-order valence-corrected chi connectivity index (χ0v) is 13.4. The summed E-state index contributed by atoms with van der Waals surface area (Å²) >= 11 is 0.409. The van der Waals surface area contributed by atoms with E-state index in [4.69, 9.17) is 0 Å². The molecular formula is C16H11F4N3OS. The van der Waals surface area contributed by atoms with E-state index < -0.39 is 23.3 Å². The summed E-state index contributed by atoms with van der Waals surface area (Å²) in [5.74, 6) is -4.97. The smallest absolute Gasteiger partial charge is 0.288 e. The maximum atomic E-state index is 13.3. The number of aromatic nitrogens is 2. The summed E-state index contributed by atoms with van der Waals surface area (Å²) in [6.07, 6.45) is 1.31. The van der Waals surface area contributed by atoms with E-state index in [1.54, 1.807) is 0 Å². The van der Waals surface area contributed by atoms with Crippen LogP contribution in [0.5, 0.6) is 0 Å². The summed E-state index contributed by atoms with van der Waals surface area (Å²) in [6.45, 7) is -0.158. The van der Waals surface area contributed by atoms with Crippen molar-refractivity contribution in [2.75, 3.05) is 5.32 Å². The number of amides is 1. The number of nitrogens with zero attached hydrogens (tertiary/aromatic N) is 2. The van der Waals surface area contributed by atoms with Crippen LogP contribution in [0.15, 0.2) is 47.6 Å². The Bertz CT molecular complexity index is 912. The molecule has 0 saturated heterocycles. The predicted octanol–water partition coefficient (Wildman–Crippen LogP) is 4.27. The molecule has 25 heavy (non-hydrogen) atoms.